The lowest BCUT2D eigenvalue weighted by Gasteiger charge is -2.33. The zero-order valence-electron chi connectivity index (χ0n) is 8.79. The Morgan fingerprint density at radius 1 is 1.38 bits per heavy atom. The molecule has 1 N–H and O–H groups in total. The Labute approximate surface area is 80.3 Å². The van der Waals surface area contributed by atoms with Crippen LogP contribution in [0.1, 0.15) is 40.0 Å². The first-order valence-electron chi connectivity index (χ1n) is 5.25. The molecule has 2 heteroatoms. The molecular formula is C11H20O2. The Balaban J connectivity index is 2.58. The van der Waals surface area contributed by atoms with Crippen molar-refractivity contribution in [3.8, 4) is 0 Å². The second-order valence-electron chi connectivity index (χ2n) is 4.74. The molecule has 0 amide bonds. The Kier molecular flexibility index (Phi) is 3.34. The number of hydrogen-bond acceptors (Lipinski definition) is 1. The fourth-order valence-electron chi connectivity index (χ4n) is 2.30. The molecule has 0 aromatic heterocycles. The standard InChI is InChI=1S/C11H20O2/c1-7(2)9-5-4-8(3)10(6-9)11(12)13/h7-10H,4-6H2,1-3H3,(H,12,13)/t8-,9?,10?/m1/s1. The van der Waals surface area contributed by atoms with Crippen molar-refractivity contribution in [2.75, 3.05) is 0 Å². The van der Waals surface area contributed by atoms with Gasteiger partial charge in [0.2, 0.25) is 0 Å². The molecule has 1 fully saturated rings. The zero-order chi connectivity index (χ0) is 10.0. The lowest BCUT2D eigenvalue weighted by molar-refractivity contribution is -0.145. The first-order chi connectivity index (χ1) is 6.02. The molecule has 0 bridgehead atoms. The summed E-state index contributed by atoms with van der Waals surface area (Å²) in [6.45, 7) is 6.45. The third kappa shape index (κ3) is 2.45. The Bertz CT molecular complexity index is 187. The van der Waals surface area contributed by atoms with Gasteiger partial charge in [-0.3, -0.25) is 4.79 Å². The Hall–Kier alpha value is -0.530. The molecular weight excluding hydrogens is 164 g/mol. The minimum Gasteiger partial charge on any atom is -0.481 e. The molecule has 0 heterocycles. The van der Waals surface area contributed by atoms with E-state index in [2.05, 4.69) is 20.8 Å². The summed E-state index contributed by atoms with van der Waals surface area (Å²) < 4.78 is 0. The van der Waals surface area contributed by atoms with Crippen molar-refractivity contribution < 1.29 is 9.90 Å². The highest BCUT2D eigenvalue weighted by Gasteiger charge is 2.33. The van der Waals surface area contributed by atoms with Gasteiger partial charge in [-0.1, -0.05) is 20.8 Å². The quantitative estimate of drug-likeness (QED) is 0.716. The van der Waals surface area contributed by atoms with Crippen LogP contribution in [-0.4, -0.2) is 11.1 Å². The van der Waals surface area contributed by atoms with Crippen molar-refractivity contribution in [3.05, 3.63) is 0 Å². The first kappa shape index (κ1) is 10.6. The van der Waals surface area contributed by atoms with Gasteiger partial charge in [-0.25, -0.2) is 0 Å². The second kappa shape index (κ2) is 4.12. The molecule has 0 aliphatic heterocycles. The largest absolute Gasteiger partial charge is 0.481 e. The van der Waals surface area contributed by atoms with Gasteiger partial charge in [0.1, 0.15) is 0 Å². The number of hydrogen-bond donors (Lipinski definition) is 1. The fourth-order valence-corrected chi connectivity index (χ4v) is 2.30. The van der Waals surface area contributed by atoms with Crippen LogP contribution in [0.25, 0.3) is 0 Å². The molecule has 0 aromatic rings. The van der Waals surface area contributed by atoms with E-state index in [4.69, 9.17) is 5.11 Å². The Morgan fingerprint density at radius 3 is 2.46 bits per heavy atom. The first-order valence-corrected chi connectivity index (χ1v) is 5.25. The molecule has 1 saturated carbocycles. The Morgan fingerprint density at radius 2 is 2.00 bits per heavy atom. The van der Waals surface area contributed by atoms with Crippen LogP contribution in [0, 0.1) is 23.7 Å². The predicted molar refractivity (Wildman–Crippen MR) is 52.5 cm³/mol. The maximum atomic E-state index is 10.9. The minimum absolute atomic E-state index is 0.0962. The molecule has 76 valence electrons. The van der Waals surface area contributed by atoms with E-state index in [0.717, 1.165) is 12.8 Å². The van der Waals surface area contributed by atoms with Crippen LogP contribution in [0.5, 0.6) is 0 Å². The average molecular weight is 184 g/mol. The summed E-state index contributed by atoms with van der Waals surface area (Å²) >= 11 is 0. The third-order valence-corrected chi connectivity index (χ3v) is 3.50. The van der Waals surface area contributed by atoms with Crippen LogP contribution in [0.15, 0.2) is 0 Å². The van der Waals surface area contributed by atoms with Gasteiger partial charge in [-0.2, -0.15) is 0 Å². The van der Waals surface area contributed by atoms with E-state index in [0.29, 0.717) is 17.8 Å². The molecule has 1 aliphatic rings. The number of carboxylic acids is 1. The topological polar surface area (TPSA) is 37.3 Å². The van der Waals surface area contributed by atoms with Crippen molar-refractivity contribution in [2.24, 2.45) is 23.7 Å². The molecule has 0 aromatic carbocycles. The van der Waals surface area contributed by atoms with Crippen molar-refractivity contribution in [3.63, 3.8) is 0 Å². The highest BCUT2D eigenvalue weighted by atomic mass is 16.4. The average Bonchev–Trinajstić information content (AvgIpc) is 2.04. The second-order valence-corrected chi connectivity index (χ2v) is 4.74. The molecule has 0 radical (unpaired) electrons. The molecule has 1 rings (SSSR count). The highest BCUT2D eigenvalue weighted by molar-refractivity contribution is 5.70. The smallest absolute Gasteiger partial charge is 0.306 e. The van der Waals surface area contributed by atoms with Crippen LogP contribution >= 0.6 is 0 Å². The van der Waals surface area contributed by atoms with Crippen molar-refractivity contribution in [1.29, 1.82) is 0 Å². The maximum absolute atomic E-state index is 10.9. The molecule has 3 atom stereocenters. The van der Waals surface area contributed by atoms with Gasteiger partial charge in [0.25, 0.3) is 0 Å². The van der Waals surface area contributed by atoms with E-state index in [1.165, 1.54) is 6.42 Å². The molecule has 0 saturated heterocycles. The summed E-state index contributed by atoms with van der Waals surface area (Å²) in [5.74, 6) is 0.929. The molecule has 2 unspecified atom stereocenters. The highest BCUT2D eigenvalue weighted by Crippen LogP contribution is 2.37. The molecule has 1 aliphatic carbocycles. The summed E-state index contributed by atoms with van der Waals surface area (Å²) in [5.41, 5.74) is 0. The SMILES string of the molecule is CC(C)C1CC[C@@H](C)C(C(=O)O)C1. The maximum Gasteiger partial charge on any atom is 0.306 e. The van der Waals surface area contributed by atoms with Gasteiger partial charge in [0, 0.05) is 0 Å². The van der Waals surface area contributed by atoms with E-state index < -0.39 is 5.97 Å². The van der Waals surface area contributed by atoms with Gasteiger partial charge in [-0.15, -0.1) is 0 Å². The molecule has 13 heavy (non-hydrogen) atoms. The van der Waals surface area contributed by atoms with Crippen LogP contribution < -0.4 is 0 Å². The van der Waals surface area contributed by atoms with Crippen LogP contribution in [-0.2, 0) is 4.79 Å². The van der Waals surface area contributed by atoms with Crippen molar-refractivity contribution in [1.82, 2.24) is 0 Å². The van der Waals surface area contributed by atoms with Gasteiger partial charge in [-0.05, 0) is 37.0 Å². The summed E-state index contributed by atoms with van der Waals surface area (Å²) in [6, 6.07) is 0. The van der Waals surface area contributed by atoms with Crippen LogP contribution in [0.2, 0.25) is 0 Å². The lowest BCUT2D eigenvalue weighted by Crippen LogP contribution is -2.31. The van der Waals surface area contributed by atoms with E-state index in [1.807, 2.05) is 0 Å². The number of carboxylic acid groups (broad SMARTS) is 1. The van der Waals surface area contributed by atoms with Crippen molar-refractivity contribution in [2.45, 2.75) is 40.0 Å². The van der Waals surface area contributed by atoms with Crippen LogP contribution in [0.3, 0.4) is 0 Å². The lowest BCUT2D eigenvalue weighted by atomic mass is 9.71. The van der Waals surface area contributed by atoms with Crippen molar-refractivity contribution >= 4 is 5.97 Å². The number of aliphatic carboxylic acids is 1. The summed E-state index contributed by atoms with van der Waals surface area (Å²) in [7, 11) is 0. The van der Waals surface area contributed by atoms with Gasteiger partial charge in [0.15, 0.2) is 0 Å². The third-order valence-electron chi connectivity index (χ3n) is 3.50. The normalized spacial score (nSPS) is 34.9. The summed E-state index contributed by atoms with van der Waals surface area (Å²) in [5, 5.41) is 9.01. The van der Waals surface area contributed by atoms with Gasteiger partial charge >= 0.3 is 5.97 Å². The summed E-state index contributed by atoms with van der Waals surface area (Å²) in [6.07, 6.45) is 3.18. The van der Waals surface area contributed by atoms with Gasteiger partial charge in [0.05, 0.1) is 5.92 Å². The monoisotopic (exact) mass is 184 g/mol. The van der Waals surface area contributed by atoms with Gasteiger partial charge < -0.3 is 5.11 Å². The minimum atomic E-state index is -0.599. The number of carbonyl (C=O) groups is 1. The molecule has 0 spiro atoms. The fraction of sp³-hybridized carbons (Fsp3) is 0.909. The predicted octanol–water partition coefficient (Wildman–Crippen LogP) is 2.78. The molecule has 2 nitrogen and oxygen atoms in total. The number of rotatable bonds is 2. The van der Waals surface area contributed by atoms with E-state index in [9.17, 15) is 4.79 Å². The van der Waals surface area contributed by atoms with E-state index in [-0.39, 0.29) is 5.92 Å². The zero-order valence-corrected chi connectivity index (χ0v) is 8.79. The van der Waals surface area contributed by atoms with Crippen LogP contribution in [0.4, 0.5) is 0 Å². The van der Waals surface area contributed by atoms with E-state index in [1.54, 1.807) is 0 Å². The van der Waals surface area contributed by atoms with E-state index >= 15 is 0 Å². The summed E-state index contributed by atoms with van der Waals surface area (Å²) in [4.78, 5) is 10.9.